The van der Waals surface area contributed by atoms with Gasteiger partial charge in [-0.05, 0) is 63.0 Å². The highest BCUT2D eigenvalue weighted by Crippen LogP contribution is 2.45. The van der Waals surface area contributed by atoms with Crippen LogP contribution in [0.25, 0.3) is 11.0 Å². The number of ether oxygens (including phenoxy) is 1. The Morgan fingerprint density at radius 3 is 2.66 bits per heavy atom. The summed E-state index contributed by atoms with van der Waals surface area (Å²) in [5.74, 6) is 1.04. The van der Waals surface area contributed by atoms with Crippen LogP contribution in [0.15, 0.2) is 28.7 Å². The molecule has 0 radical (unpaired) electrons. The maximum atomic E-state index is 13.3. The molecule has 8 heteroatoms. The van der Waals surface area contributed by atoms with Gasteiger partial charge in [-0.1, -0.05) is 39.3 Å². The van der Waals surface area contributed by atoms with Gasteiger partial charge < -0.3 is 19.8 Å². The Balaban J connectivity index is 1.39. The minimum absolute atomic E-state index is 0.211. The minimum atomic E-state index is -0.877. The predicted molar refractivity (Wildman–Crippen MR) is 133 cm³/mol. The van der Waals surface area contributed by atoms with Crippen LogP contribution in [-0.2, 0) is 9.59 Å². The molecule has 1 spiro atoms. The van der Waals surface area contributed by atoms with Crippen molar-refractivity contribution in [3.8, 4) is 5.75 Å². The normalized spacial score (nSPS) is 23.6. The summed E-state index contributed by atoms with van der Waals surface area (Å²) in [5, 5.41) is 6.65. The van der Waals surface area contributed by atoms with Gasteiger partial charge >= 0.3 is 6.03 Å². The van der Waals surface area contributed by atoms with Crippen LogP contribution in [-0.4, -0.2) is 41.4 Å². The molecule has 0 bridgehead atoms. The summed E-state index contributed by atoms with van der Waals surface area (Å²) in [5.41, 5.74) is -0.0378. The van der Waals surface area contributed by atoms with Crippen LogP contribution in [0.1, 0.15) is 78.5 Å². The molecule has 4 amide bonds. The Bertz CT molecular complexity index is 1110. The van der Waals surface area contributed by atoms with E-state index in [0.717, 1.165) is 29.5 Å². The third-order valence-corrected chi connectivity index (χ3v) is 8.03. The number of benzene rings is 1. The Labute approximate surface area is 206 Å². The van der Waals surface area contributed by atoms with Crippen LogP contribution >= 0.6 is 0 Å². The van der Waals surface area contributed by atoms with Crippen molar-refractivity contribution < 1.29 is 23.5 Å². The second-order valence-electron chi connectivity index (χ2n) is 10.6. The van der Waals surface area contributed by atoms with Crippen molar-refractivity contribution in [3.05, 3.63) is 30.0 Å². The van der Waals surface area contributed by atoms with Crippen molar-refractivity contribution in [1.82, 2.24) is 15.5 Å². The number of fused-ring (bicyclic) bond motifs is 1. The smallest absolute Gasteiger partial charge is 0.325 e. The first-order chi connectivity index (χ1) is 16.6. The van der Waals surface area contributed by atoms with E-state index < -0.39 is 23.5 Å². The number of furan rings is 1. The minimum Gasteiger partial charge on any atom is -0.490 e. The van der Waals surface area contributed by atoms with Gasteiger partial charge in [0.15, 0.2) is 11.3 Å². The van der Waals surface area contributed by atoms with Gasteiger partial charge in [-0.2, -0.15) is 0 Å². The molecule has 1 unspecified atom stereocenters. The average molecular weight is 484 g/mol. The number of carbonyl (C=O) groups excluding carboxylic acids is 3. The molecule has 35 heavy (non-hydrogen) atoms. The molecule has 4 rings (SSSR count). The average Bonchev–Trinajstić information content (AvgIpc) is 3.36. The molecule has 1 aromatic carbocycles. The fraction of sp³-hybridized carbons (Fsp3) is 0.593. The summed E-state index contributed by atoms with van der Waals surface area (Å²) in [6, 6.07) is 6.58. The first-order valence-electron chi connectivity index (χ1n) is 12.7. The van der Waals surface area contributed by atoms with Crippen molar-refractivity contribution in [2.75, 3.05) is 13.2 Å². The summed E-state index contributed by atoms with van der Waals surface area (Å²) < 4.78 is 11.6. The number of urea groups is 1. The van der Waals surface area contributed by atoms with E-state index >= 15 is 0 Å². The molecule has 1 saturated heterocycles. The lowest BCUT2D eigenvalue weighted by Gasteiger charge is -2.42. The standard InChI is InChI=1S/C27H37N3O5/c1-6-26(4,5)19-11-13-27(14-12-19)24(32)30(25(33)29-27)16-22(31)28-17(3)21-15-18-9-8-10-20(34-7-2)23(18)35-21/h8-10,15,17,19H,6-7,11-14,16H2,1-5H3,(H,28,31)(H,29,33). The summed E-state index contributed by atoms with van der Waals surface area (Å²) in [7, 11) is 0. The van der Waals surface area contributed by atoms with Crippen molar-refractivity contribution >= 4 is 28.8 Å². The van der Waals surface area contributed by atoms with Gasteiger partial charge in [-0.15, -0.1) is 0 Å². The number of nitrogens with zero attached hydrogens (tertiary/aromatic N) is 1. The Kier molecular flexibility index (Phi) is 6.84. The van der Waals surface area contributed by atoms with Crippen molar-refractivity contribution in [3.63, 3.8) is 0 Å². The van der Waals surface area contributed by atoms with Crippen LogP contribution in [0.4, 0.5) is 4.79 Å². The summed E-state index contributed by atoms with van der Waals surface area (Å²) >= 11 is 0. The van der Waals surface area contributed by atoms with E-state index in [0.29, 0.717) is 42.5 Å². The van der Waals surface area contributed by atoms with Gasteiger partial charge in [0.05, 0.1) is 12.6 Å². The second kappa shape index (κ2) is 9.55. The molecule has 2 fully saturated rings. The molecule has 2 N–H and O–H groups in total. The number of carbonyl (C=O) groups is 3. The zero-order valence-electron chi connectivity index (χ0n) is 21.4. The van der Waals surface area contributed by atoms with Gasteiger partial charge in [0.2, 0.25) is 5.91 Å². The fourth-order valence-electron chi connectivity index (χ4n) is 5.38. The largest absolute Gasteiger partial charge is 0.490 e. The van der Waals surface area contributed by atoms with Crippen LogP contribution in [0.2, 0.25) is 0 Å². The van der Waals surface area contributed by atoms with E-state index in [9.17, 15) is 14.4 Å². The molecule has 190 valence electrons. The highest BCUT2D eigenvalue weighted by atomic mass is 16.5. The van der Waals surface area contributed by atoms with Crippen LogP contribution in [0.3, 0.4) is 0 Å². The monoisotopic (exact) mass is 483 g/mol. The summed E-state index contributed by atoms with van der Waals surface area (Å²) in [6.07, 6.45) is 4.08. The molecule has 1 aliphatic carbocycles. The zero-order valence-corrected chi connectivity index (χ0v) is 21.4. The Morgan fingerprint density at radius 1 is 1.29 bits per heavy atom. The molecule has 8 nitrogen and oxygen atoms in total. The summed E-state index contributed by atoms with van der Waals surface area (Å²) in [6.45, 7) is 10.6. The van der Waals surface area contributed by atoms with Gasteiger partial charge in [-0.25, -0.2) is 4.79 Å². The number of hydrogen-bond donors (Lipinski definition) is 2. The van der Waals surface area contributed by atoms with Crippen LogP contribution < -0.4 is 15.4 Å². The van der Waals surface area contributed by atoms with E-state index in [1.54, 1.807) is 6.92 Å². The predicted octanol–water partition coefficient (Wildman–Crippen LogP) is 4.93. The SMILES string of the molecule is CCOc1cccc2cc(C(C)NC(=O)CN3C(=O)NC4(CCC(C(C)(C)CC)CC4)C3=O)oc12. The van der Waals surface area contributed by atoms with E-state index in [1.165, 1.54) is 0 Å². The van der Waals surface area contributed by atoms with E-state index in [-0.39, 0.29) is 17.9 Å². The summed E-state index contributed by atoms with van der Waals surface area (Å²) in [4.78, 5) is 39.8. The first-order valence-corrected chi connectivity index (χ1v) is 12.7. The molecule has 2 aliphatic rings. The molecule has 1 atom stereocenters. The lowest BCUT2D eigenvalue weighted by molar-refractivity contribution is -0.136. The molecular formula is C27H37N3O5. The number of rotatable bonds is 8. The van der Waals surface area contributed by atoms with Gasteiger partial charge in [0.1, 0.15) is 17.8 Å². The lowest BCUT2D eigenvalue weighted by Crippen LogP contribution is -2.51. The van der Waals surface area contributed by atoms with Gasteiger partial charge in [0, 0.05) is 5.39 Å². The van der Waals surface area contributed by atoms with Gasteiger partial charge in [0.25, 0.3) is 5.91 Å². The van der Waals surface area contributed by atoms with Crippen molar-refractivity contribution in [2.24, 2.45) is 11.3 Å². The number of amides is 4. The quantitative estimate of drug-likeness (QED) is 0.519. The van der Waals surface area contributed by atoms with E-state index in [1.807, 2.05) is 31.2 Å². The maximum Gasteiger partial charge on any atom is 0.325 e. The van der Waals surface area contributed by atoms with E-state index in [2.05, 4.69) is 31.4 Å². The van der Waals surface area contributed by atoms with Crippen molar-refractivity contribution in [2.45, 2.75) is 78.3 Å². The molecule has 1 aliphatic heterocycles. The number of para-hydroxylation sites is 1. The highest BCUT2D eigenvalue weighted by Gasteiger charge is 2.53. The van der Waals surface area contributed by atoms with Crippen LogP contribution in [0, 0.1) is 11.3 Å². The van der Waals surface area contributed by atoms with E-state index in [4.69, 9.17) is 9.15 Å². The fourth-order valence-corrected chi connectivity index (χ4v) is 5.38. The third kappa shape index (κ3) is 4.75. The highest BCUT2D eigenvalue weighted by molar-refractivity contribution is 6.09. The lowest BCUT2D eigenvalue weighted by atomic mass is 9.65. The third-order valence-electron chi connectivity index (χ3n) is 8.03. The first kappa shape index (κ1) is 25.1. The topological polar surface area (TPSA) is 101 Å². The molecule has 1 aromatic heterocycles. The molecule has 1 saturated carbocycles. The van der Waals surface area contributed by atoms with Gasteiger partial charge in [-0.3, -0.25) is 14.5 Å². The maximum absolute atomic E-state index is 13.3. The van der Waals surface area contributed by atoms with Crippen LogP contribution in [0.5, 0.6) is 5.75 Å². The zero-order chi connectivity index (χ0) is 25.4. The second-order valence-corrected chi connectivity index (χ2v) is 10.6. The molecule has 2 heterocycles. The van der Waals surface area contributed by atoms with Crippen molar-refractivity contribution in [1.29, 1.82) is 0 Å². The molecule has 2 aromatic rings. The number of imide groups is 1. The number of hydrogen-bond acceptors (Lipinski definition) is 5. The molecular weight excluding hydrogens is 446 g/mol. The Hall–Kier alpha value is -3.03. The Morgan fingerprint density at radius 2 is 2.00 bits per heavy atom. The number of nitrogens with one attached hydrogen (secondary N) is 2.